The van der Waals surface area contributed by atoms with E-state index in [1.54, 1.807) is 0 Å². The molecule has 0 aromatic carbocycles. The third-order valence-electron chi connectivity index (χ3n) is 4.31. The summed E-state index contributed by atoms with van der Waals surface area (Å²) in [6.45, 7) is 9.82. The maximum atomic E-state index is 6.40. The van der Waals surface area contributed by atoms with Crippen LogP contribution in [0.3, 0.4) is 0 Å². The van der Waals surface area contributed by atoms with E-state index in [4.69, 9.17) is 11.6 Å². The Kier molecular flexibility index (Phi) is 4.26. The van der Waals surface area contributed by atoms with Crippen LogP contribution in [0.25, 0.3) is 0 Å². The number of halogens is 1. The van der Waals surface area contributed by atoms with Crippen LogP contribution < -0.4 is 5.32 Å². The van der Waals surface area contributed by atoms with E-state index in [0.29, 0.717) is 6.04 Å². The summed E-state index contributed by atoms with van der Waals surface area (Å²) < 4.78 is 1.95. The highest BCUT2D eigenvalue weighted by atomic mass is 35.5. The molecule has 2 rings (SSSR count). The molecule has 4 heteroatoms. The minimum Gasteiger partial charge on any atom is -0.314 e. The first-order valence-corrected chi connectivity index (χ1v) is 7.62. The molecule has 1 fully saturated rings. The van der Waals surface area contributed by atoms with Gasteiger partial charge >= 0.3 is 0 Å². The first kappa shape index (κ1) is 14.9. The van der Waals surface area contributed by atoms with Crippen molar-refractivity contribution in [1.29, 1.82) is 0 Å². The number of hydrogen-bond acceptors (Lipinski definition) is 2. The minimum absolute atomic E-state index is 0.286. The van der Waals surface area contributed by atoms with Crippen molar-refractivity contribution < 1.29 is 0 Å². The lowest BCUT2D eigenvalue weighted by molar-refractivity contribution is 0.243. The van der Waals surface area contributed by atoms with E-state index in [0.717, 1.165) is 29.6 Å². The molecule has 1 aromatic rings. The first-order valence-electron chi connectivity index (χ1n) is 7.25. The molecule has 1 atom stereocenters. The van der Waals surface area contributed by atoms with E-state index in [1.807, 2.05) is 18.7 Å². The summed E-state index contributed by atoms with van der Waals surface area (Å²) in [7, 11) is 2.00. The van der Waals surface area contributed by atoms with Crippen LogP contribution in [-0.2, 0) is 13.5 Å². The average molecular weight is 284 g/mol. The lowest BCUT2D eigenvalue weighted by Gasteiger charge is -2.31. The van der Waals surface area contributed by atoms with Gasteiger partial charge < -0.3 is 5.32 Å². The van der Waals surface area contributed by atoms with E-state index in [-0.39, 0.29) is 5.41 Å². The van der Waals surface area contributed by atoms with E-state index < -0.39 is 0 Å². The molecule has 1 aliphatic carbocycles. The molecule has 19 heavy (non-hydrogen) atoms. The molecule has 0 saturated heterocycles. The van der Waals surface area contributed by atoms with Gasteiger partial charge in [-0.3, -0.25) is 4.68 Å². The number of aryl methyl sites for hydroxylation is 2. The van der Waals surface area contributed by atoms with Gasteiger partial charge in [0.25, 0.3) is 0 Å². The third kappa shape index (κ3) is 3.32. The second kappa shape index (κ2) is 5.45. The molecule has 3 nitrogen and oxygen atoms in total. The summed E-state index contributed by atoms with van der Waals surface area (Å²) in [5.74, 6) is 0.824. The number of nitrogens with one attached hydrogen (secondary N) is 1. The quantitative estimate of drug-likeness (QED) is 0.868. The molecule has 1 heterocycles. The van der Waals surface area contributed by atoms with Gasteiger partial charge in [-0.15, -0.1) is 0 Å². The van der Waals surface area contributed by atoms with Crippen molar-refractivity contribution in [2.24, 2.45) is 18.4 Å². The van der Waals surface area contributed by atoms with E-state index in [9.17, 15) is 0 Å². The highest BCUT2D eigenvalue weighted by Crippen LogP contribution is 2.47. The van der Waals surface area contributed by atoms with Gasteiger partial charge in [0, 0.05) is 19.6 Å². The van der Waals surface area contributed by atoms with Crippen LogP contribution in [0.4, 0.5) is 0 Å². The van der Waals surface area contributed by atoms with Crippen molar-refractivity contribution >= 4 is 11.6 Å². The molecule has 0 amide bonds. The first-order chi connectivity index (χ1) is 8.83. The van der Waals surface area contributed by atoms with Crippen LogP contribution in [-0.4, -0.2) is 22.4 Å². The molecule has 0 aliphatic heterocycles. The fourth-order valence-electron chi connectivity index (χ4n) is 2.82. The van der Waals surface area contributed by atoms with Gasteiger partial charge in [0.15, 0.2) is 0 Å². The molecule has 1 saturated carbocycles. The Balaban J connectivity index is 2.16. The van der Waals surface area contributed by atoms with Crippen molar-refractivity contribution in [3.63, 3.8) is 0 Å². The normalized spacial score (nSPS) is 18.9. The highest BCUT2D eigenvalue weighted by Gasteiger charge is 2.42. The van der Waals surface area contributed by atoms with Gasteiger partial charge in [0.2, 0.25) is 0 Å². The predicted molar refractivity (Wildman–Crippen MR) is 80.6 cm³/mol. The number of nitrogens with zero attached hydrogens (tertiary/aromatic N) is 2. The molecule has 0 spiro atoms. The Morgan fingerprint density at radius 2 is 2.11 bits per heavy atom. The topological polar surface area (TPSA) is 29.9 Å². The van der Waals surface area contributed by atoms with Crippen molar-refractivity contribution in [2.45, 2.75) is 53.0 Å². The van der Waals surface area contributed by atoms with Crippen molar-refractivity contribution in [3.05, 3.63) is 16.4 Å². The van der Waals surface area contributed by atoms with Crippen LogP contribution in [0.15, 0.2) is 0 Å². The van der Waals surface area contributed by atoms with E-state index >= 15 is 0 Å². The number of rotatable bonds is 6. The zero-order valence-electron chi connectivity index (χ0n) is 12.8. The molecule has 108 valence electrons. The maximum Gasteiger partial charge on any atom is 0.0847 e. The highest BCUT2D eigenvalue weighted by molar-refractivity contribution is 6.31. The summed E-state index contributed by atoms with van der Waals surface area (Å²) in [5, 5.41) is 8.88. The lowest BCUT2D eigenvalue weighted by atomic mass is 9.80. The maximum absolute atomic E-state index is 6.40. The van der Waals surface area contributed by atoms with Gasteiger partial charge in [-0.05, 0) is 37.5 Å². The van der Waals surface area contributed by atoms with Crippen LogP contribution in [0.2, 0.25) is 5.02 Å². The average Bonchev–Trinajstić information content (AvgIpc) is 3.13. The molecule has 1 aromatic heterocycles. The summed E-state index contributed by atoms with van der Waals surface area (Å²) in [6.07, 6.45) is 3.71. The molecule has 0 bridgehead atoms. The molecular weight excluding hydrogens is 258 g/mol. The van der Waals surface area contributed by atoms with Gasteiger partial charge in [-0.25, -0.2) is 0 Å². The van der Waals surface area contributed by atoms with Crippen LogP contribution in [0, 0.1) is 18.3 Å². The van der Waals surface area contributed by atoms with Gasteiger partial charge in [0.1, 0.15) is 0 Å². The minimum atomic E-state index is 0.286. The molecular formula is C15H26ClN3. The number of hydrogen-bond donors (Lipinski definition) is 1. The van der Waals surface area contributed by atoms with E-state index in [1.165, 1.54) is 18.5 Å². The third-order valence-corrected chi connectivity index (χ3v) is 4.80. The molecule has 0 radical (unpaired) electrons. The van der Waals surface area contributed by atoms with E-state index in [2.05, 4.69) is 31.2 Å². The standard InChI is InChI=1S/C15H26ClN3/c1-10(2)17-9-15(4,12-6-7-12)8-13-14(16)11(3)18-19(13)5/h10,12,17H,6-9H2,1-5H3. The SMILES string of the molecule is Cc1nn(C)c(CC(C)(CNC(C)C)C2CC2)c1Cl. The van der Waals surface area contributed by atoms with Crippen LogP contribution in [0.5, 0.6) is 0 Å². The lowest BCUT2D eigenvalue weighted by Crippen LogP contribution is -2.39. The van der Waals surface area contributed by atoms with Crippen molar-refractivity contribution in [1.82, 2.24) is 15.1 Å². The predicted octanol–water partition coefficient (Wildman–Crippen LogP) is 3.34. The van der Waals surface area contributed by atoms with Gasteiger partial charge in [-0.1, -0.05) is 32.4 Å². The van der Waals surface area contributed by atoms with Gasteiger partial charge in [0.05, 0.1) is 16.4 Å². The molecule has 1 N–H and O–H groups in total. The second-order valence-corrected chi connectivity index (χ2v) is 6.99. The second-order valence-electron chi connectivity index (χ2n) is 6.61. The molecule has 1 unspecified atom stereocenters. The summed E-state index contributed by atoms with van der Waals surface area (Å²) in [5.41, 5.74) is 2.40. The Hall–Kier alpha value is -0.540. The smallest absolute Gasteiger partial charge is 0.0847 e. The summed E-state index contributed by atoms with van der Waals surface area (Å²) >= 11 is 6.40. The Morgan fingerprint density at radius 1 is 1.47 bits per heavy atom. The summed E-state index contributed by atoms with van der Waals surface area (Å²) in [6, 6.07) is 0.529. The van der Waals surface area contributed by atoms with Crippen molar-refractivity contribution in [3.8, 4) is 0 Å². The summed E-state index contributed by atoms with van der Waals surface area (Å²) in [4.78, 5) is 0. The Labute approximate surface area is 121 Å². The Bertz CT molecular complexity index is 448. The van der Waals surface area contributed by atoms with Crippen molar-refractivity contribution in [2.75, 3.05) is 6.54 Å². The molecule has 1 aliphatic rings. The zero-order chi connectivity index (χ0) is 14.2. The largest absolute Gasteiger partial charge is 0.314 e. The van der Waals surface area contributed by atoms with Gasteiger partial charge in [-0.2, -0.15) is 5.10 Å². The monoisotopic (exact) mass is 283 g/mol. The van der Waals surface area contributed by atoms with Crippen LogP contribution in [0.1, 0.15) is 45.0 Å². The number of aromatic nitrogens is 2. The zero-order valence-corrected chi connectivity index (χ0v) is 13.5. The van der Waals surface area contributed by atoms with Crippen LogP contribution >= 0.6 is 11.6 Å². The fraction of sp³-hybridized carbons (Fsp3) is 0.800. The fourth-order valence-corrected chi connectivity index (χ4v) is 3.05. The Morgan fingerprint density at radius 3 is 2.53 bits per heavy atom.